The van der Waals surface area contributed by atoms with Crippen molar-refractivity contribution in [3.63, 3.8) is 0 Å². The zero-order valence-corrected chi connectivity index (χ0v) is 23.1. The van der Waals surface area contributed by atoms with Crippen LogP contribution in [-0.2, 0) is 16.1 Å². The van der Waals surface area contributed by atoms with Crippen molar-refractivity contribution < 1.29 is 18.9 Å². The highest BCUT2D eigenvalue weighted by atomic mass is 16.5. The van der Waals surface area contributed by atoms with Gasteiger partial charge in [0.1, 0.15) is 18.1 Å². The second kappa shape index (κ2) is 13.2. The van der Waals surface area contributed by atoms with Crippen molar-refractivity contribution in [1.82, 2.24) is 25.9 Å². The lowest BCUT2D eigenvalue weighted by atomic mass is 9.81. The van der Waals surface area contributed by atoms with Gasteiger partial charge in [-0.1, -0.05) is 30.3 Å². The first-order chi connectivity index (χ1) is 19.1. The number of aromatic nitrogens is 4. The summed E-state index contributed by atoms with van der Waals surface area (Å²) in [6.07, 6.45) is 2.92. The zero-order chi connectivity index (χ0) is 27.0. The molecule has 2 aliphatic rings. The molecule has 2 aromatic carbocycles. The third-order valence-electron chi connectivity index (χ3n) is 7.80. The number of hydrogen-bond donors (Lipinski definition) is 2. The van der Waals surface area contributed by atoms with E-state index >= 15 is 0 Å². The third kappa shape index (κ3) is 6.87. The van der Waals surface area contributed by atoms with E-state index in [9.17, 15) is 0 Å². The largest absolute Gasteiger partial charge is 0.497 e. The molecule has 39 heavy (non-hydrogen) atoms. The molecule has 0 amide bonds. The van der Waals surface area contributed by atoms with E-state index in [1.807, 2.05) is 12.1 Å². The molecule has 1 aromatic heterocycles. The SMILES string of the molecule is COCCCN1CCOc2ccc(CO[C@H]3CN[C@@H](CC(C)c4nn[nH]n4)C[C@@H]3c3ccc(OC)cc3)cc21. The first-order valence-corrected chi connectivity index (χ1v) is 13.9. The highest BCUT2D eigenvalue weighted by Crippen LogP contribution is 2.36. The Morgan fingerprint density at radius 1 is 1.15 bits per heavy atom. The van der Waals surface area contributed by atoms with Gasteiger partial charge in [0.05, 0.1) is 32.1 Å². The van der Waals surface area contributed by atoms with Crippen LogP contribution in [0.5, 0.6) is 11.5 Å². The predicted molar refractivity (Wildman–Crippen MR) is 149 cm³/mol. The number of nitrogens with one attached hydrogen (secondary N) is 2. The highest BCUT2D eigenvalue weighted by Gasteiger charge is 2.33. The summed E-state index contributed by atoms with van der Waals surface area (Å²) in [7, 11) is 3.45. The summed E-state index contributed by atoms with van der Waals surface area (Å²) in [5, 5.41) is 18.4. The Bertz CT molecular complexity index is 1160. The van der Waals surface area contributed by atoms with Gasteiger partial charge in [-0.2, -0.15) is 5.21 Å². The average Bonchev–Trinajstić information content (AvgIpc) is 3.52. The maximum atomic E-state index is 6.63. The van der Waals surface area contributed by atoms with Crippen LogP contribution in [0.25, 0.3) is 0 Å². The van der Waals surface area contributed by atoms with Crippen LogP contribution in [0.4, 0.5) is 5.69 Å². The summed E-state index contributed by atoms with van der Waals surface area (Å²) in [6.45, 7) is 6.77. The van der Waals surface area contributed by atoms with Gasteiger partial charge >= 0.3 is 0 Å². The number of ether oxygens (including phenoxy) is 4. The maximum Gasteiger partial charge on any atom is 0.177 e. The van der Waals surface area contributed by atoms with Crippen molar-refractivity contribution in [3.8, 4) is 11.5 Å². The van der Waals surface area contributed by atoms with Gasteiger partial charge in [0.25, 0.3) is 0 Å². The van der Waals surface area contributed by atoms with Gasteiger partial charge in [0.2, 0.25) is 0 Å². The summed E-state index contributed by atoms with van der Waals surface area (Å²) in [6, 6.07) is 15.1. The van der Waals surface area contributed by atoms with E-state index in [0.29, 0.717) is 19.3 Å². The van der Waals surface area contributed by atoms with Crippen molar-refractivity contribution in [3.05, 3.63) is 59.4 Å². The Morgan fingerprint density at radius 2 is 2.03 bits per heavy atom. The minimum Gasteiger partial charge on any atom is -0.497 e. The Balaban J connectivity index is 1.27. The van der Waals surface area contributed by atoms with Crippen molar-refractivity contribution in [1.29, 1.82) is 0 Å². The normalized spacial score (nSPS) is 21.7. The second-order valence-electron chi connectivity index (χ2n) is 10.5. The fourth-order valence-electron chi connectivity index (χ4n) is 5.68. The van der Waals surface area contributed by atoms with Gasteiger partial charge in [0, 0.05) is 44.7 Å². The first-order valence-electron chi connectivity index (χ1n) is 13.9. The molecular formula is C29H40N6O4. The van der Waals surface area contributed by atoms with Crippen LogP contribution in [0.1, 0.15) is 55.0 Å². The lowest BCUT2D eigenvalue weighted by Crippen LogP contribution is -2.47. The number of hydrogen-bond acceptors (Lipinski definition) is 9. The number of anilines is 1. The van der Waals surface area contributed by atoms with Crippen LogP contribution >= 0.6 is 0 Å². The molecule has 4 atom stereocenters. The molecule has 1 saturated heterocycles. The van der Waals surface area contributed by atoms with Gasteiger partial charge < -0.3 is 29.2 Å². The molecule has 5 rings (SSSR count). The molecule has 10 nitrogen and oxygen atoms in total. The monoisotopic (exact) mass is 536 g/mol. The van der Waals surface area contributed by atoms with Gasteiger partial charge in [0.15, 0.2) is 5.82 Å². The summed E-state index contributed by atoms with van der Waals surface area (Å²) in [5.74, 6) is 3.02. The van der Waals surface area contributed by atoms with Gasteiger partial charge in [-0.15, -0.1) is 10.2 Å². The Kier molecular flexibility index (Phi) is 9.28. The Hall–Kier alpha value is -3.21. The number of benzene rings is 2. The molecular weight excluding hydrogens is 496 g/mol. The van der Waals surface area contributed by atoms with Crippen LogP contribution in [0.2, 0.25) is 0 Å². The van der Waals surface area contributed by atoms with Gasteiger partial charge in [-0.25, -0.2) is 0 Å². The van der Waals surface area contributed by atoms with E-state index in [4.69, 9.17) is 18.9 Å². The van der Waals surface area contributed by atoms with E-state index in [-0.39, 0.29) is 17.9 Å². The van der Waals surface area contributed by atoms with Crippen molar-refractivity contribution in [2.45, 2.75) is 56.8 Å². The number of piperidine rings is 1. The Morgan fingerprint density at radius 3 is 2.79 bits per heavy atom. The first kappa shape index (κ1) is 27.4. The van der Waals surface area contributed by atoms with Crippen LogP contribution in [0, 0.1) is 0 Å². The molecule has 2 N–H and O–H groups in total. The number of fused-ring (bicyclic) bond motifs is 1. The number of rotatable bonds is 12. The quantitative estimate of drug-likeness (QED) is 0.335. The maximum absolute atomic E-state index is 6.63. The third-order valence-corrected chi connectivity index (χ3v) is 7.80. The van der Waals surface area contributed by atoms with Gasteiger partial charge in [-0.05, 0) is 54.7 Å². The molecule has 3 aromatic rings. The fourth-order valence-corrected chi connectivity index (χ4v) is 5.68. The van der Waals surface area contributed by atoms with Gasteiger partial charge in [-0.3, -0.25) is 0 Å². The van der Waals surface area contributed by atoms with Crippen LogP contribution in [-0.4, -0.2) is 79.8 Å². The van der Waals surface area contributed by atoms with E-state index in [1.165, 1.54) is 5.56 Å². The minimum absolute atomic E-state index is 0.0419. The lowest BCUT2D eigenvalue weighted by molar-refractivity contribution is 0.00180. The molecule has 2 aliphatic heterocycles. The van der Waals surface area contributed by atoms with Crippen LogP contribution in [0.15, 0.2) is 42.5 Å². The average molecular weight is 537 g/mol. The highest BCUT2D eigenvalue weighted by molar-refractivity contribution is 5.61. The van der Waals surface area contributed by atoms with E-state index in [2.05, 4.69) is 68.1 Å². The molecule has 210 valence electrons. The molecule has 10 heteroatoms. The Labute approximate surface area is 230 Å². The second-order valence-corrected chi connectivity index (χ2v) is 10.5. The number of aromatic amines is 1. The minimum atomic E-state index is 0.0419. The van der Waals surface area contributed by atoms with E-state index in [0.717, 1.165) is 74.1 Å². The molecule has 3 heterocycles. The number of H-pyrrole nitrogens is 1. The van der Waals surface area contributed by atoms with Crippen molar-refractivity contribution in [2.75, 3.05) is 52.0 Å². The molecule has 0 aliphatic carbocycles. The lowest BCUT2D eigenvalue weighted by Gasteiger charge is -2.38. The van der Waals surface area contributed by atoms with Crippen LogP contribution in [0.3, 0.4) is 0 Å². The molecule has 1 fully saturated rings. The number of nitrogens with zero attached hydrogens (tertiary/aromatic N) is 4. The summed E-state index contributed by atoms with van der Waals surface area (Å²) >= 11 is 0. The molecule has 0 bridgehead atoms. The molecule has 0 spiro atoms. The van der Waals surface area contributed by atoms with E-state index in [1.54, 1.807) is 14.2 Å². The molecule has 0 radical (unpaired) electrons. The smallest absolute Gasteiger partial charge is 0.177 e. The molecule has 1 unspecified atom stereocenters. The molecule has 0 saturated carbocycles. The fraction of sp³-hybridized carbons (Fsp3) is 0.552. The topological polar surface area (TPSA) is 107 Å². The predicted octanol–water partition coefficient (Wildman–Crippen LogP) is 3.67. The summed E-state index contributed by atoms with van der Waals surface area (Å²) < 4.78 is 23.2. The van der Waals surface area contributed by atoms with Crippen LogP contribution < -0.4 is 19.7 Å². The summed E-state index contributed by atoms with van der Waals surface area (Å²) in [5.41, 5.74) is 3.56. The standard InChI is InChI=1S/C29H40N6O4/c1-20(29-31-33-34-32-29)15-23-17-25(22-6-8-24(37-3)9-7-22)28(18-30-23)39-19-21-5-10-27-26(16-21)35(12-14-38-27)11-4-13-36-2/h5-10,16,20,23,25,28,30H,4,11-15,17-19H2,1-3H3,(H,31,32,33,34)/t20?,23-,25+,28-/m0/s1. The van der Waals surface area contributed by atoms with Crippen molar-refractivity contribution >= 4 is 5.69 Å². The van der Waals surface area contributed by atoms with E-state index < -0.39 is 0 Å². The summed E-state index contributed by atoms with van der Waals surface area (Å²) in [4.78, 5) is 2.39. The number of tetrazole rings is 1. The number of methoxy groups -OCH3 is 2. The van der Waals surface area contributed by atoms with Crippen molar-refractivity contribution in [2.24, 2.45) is 0 Å². The zero-order valence-electron chi connectivity index (χ0n) is 23.1.